The van der Waals surface area contributed by atoms with Crippen molar-refractivity contribution in [1.29, 1.82) is 0 Å². The number of amides is 1. The van der Waals surface area contributed by atoms with Crippen LogP contribution >= 0.6 is 0 Å². The number of carboxylic acids is 1. The molecule has 0 aromatic heterocycles. The van der Waals surface area contributed by atoms with Crippen molar-refractivity contribution >= 4 is 12.1 Å². The lowest BCUT2D eigenvalue weighted by atomic mass is 9.98. The number of likely N-dealkylation sites (tertiary alicyclic amines) is 1. The molecule has 2 atom stereocenters. The van der Waals surface area contributed by atoms with Crippen LogP contribution in [-0.4, -0.2) is 65.8 Å². The number of ether oxygens (including phenoxy) is 1. The van der Waals surface area contributed by atoms with E-state index in [2.05, 4.69) is 0 Å². The lowest BCUT2D eigenvalue weighted by Crippen LogP contribution is -2.44. The number of carbonyl (C=O) groups is 2. The third kappa shape index (κ3) is 4.38. The van der Waals surface area contributed by atoms with Crippen molar-refractivity contribution in [2.24, 2.45) is 5.92 Å². The van der Waals surface area contributed by atoms with Crippen molar-refractivity contribution in [3.05, 3.63) is 0 Å². The van der Waals surface area contributed by atoms with Gasteiger partial charge in [0.05, 0.1) is 0 Å². The number of carboxylic acid groups (broad SMARTS) is 1. The molecule has 0 aromatic rings. The summed E-state index contributed by atoms with van der Waals surface area (Å²) in [6, 6.07) is -0.563. The van der Waals surface area contributed by atoms with Gasteiger partial charge >= 0.3 is 12.1 Å². The first-order valence-corrected chi connectivity index (χ1v) is 6.49. The number of hydrogen-bond donors (Lipinski definition) is 1. The SMILES string of the molecule is CN(C)C(C(=O)O)C1CCN(C(=O)OC(C)(C)C)C1. The first kappa shape index (κ1) is 15.8. The van der Waals surface area contributed by atoms with Crippen LogP contribution in [0, 0.1) is 5.92 Å². The van der Waals surface area contributed by atoms with E-state index in [1.807, 2.05) is 20.8 Å². The molecule has 0 aliphatic carbocycles. The lowest BCUT2D eigenvalue weighted by Gasteiger charge is -2.27. The second-order valence-corrected chi connectivity index (χ2v) is 6.22. The largest absolute Gasteiger partial charge is 0.480 e. The molecule has 6 nitrogen and oxygen atoms in total. The van der Waals surface area contributed by atoms with Crippen LogP contribution < -0.4 is 0 Å². The van der Waals surface area contributed by atoms with Crippen LogP contribution in [0.15, 0.2) is 0 Å². The molecule has 1 fully saturated rings. The van der Waals surface area contributed by atoms with Crippen molar-refractivity contribution in [1.82, 2.24) is 9.80 Å². The maximum Gasteiger partial charge on any atom is 0.410 e. The minimum Gasteiger partial charge on any atom is -0.480 e. The summed E-state index contributed by atoms with van der Waals surface area (Å²) in [5, 5.41) is 9.24. The van der Waals surface area contributed by atoms with E-state index in [4.69, 9.17) is 4.74 Å². The van der Waals surface area contributed by atoms with Crippen LogP contribution in [-0.2, 0) is 9.53 Å². The molecule has 0 saturated carbocycles. The molecule has 110 valence electrons. The van der Waals surface area contributed by atoms with Gasteiger partial charge in [0, 0.05) is 19.0 Å². The topological polar surface area (TPSA) is 70.1 Å². The number of hydrogen-bond acceptors (Lipinski definition) is 4. The van der Waals surface area contributed by atoms with Crippen LogP contribution in [0.25, 0.3) is 0 Å². The number of carbonyl (C=O) groups excluding carboxylic acids is 1. The molecule has 0 aromatic carbocycles. The Bertz CT molecular complexity index is 349. The second kappa shape index (κ2) is 5.77. The average molecular weight is 272 g/mol. The minimum absolute atomic E-state index is 0.0555. The summed E-state index contributed by atoms with van der Waals surface area (Å²) in [4.78, 5) is 26.4. The van der Waals surface area contributed by atoms with Gasteiger partial charge in [0.2, 0.25) is 0 Å². The van der Waals surface area contributed by atoms with Gasteiger partial charge in [-0.25, -0.2) is 4.79 Å². The van der Waals surface area contributed by atoms with Crippen LogP contribution in [0.1, 0.15) is 27.2 Å². The third-order valence-corrected chi connectivity index (χ3v) is 3.13. The molecule has 0 spiro atoms. The summed E-state index contributed by atoms with van der Waals surface area (Å²) in [6.07, 6.45) is 0.326. The van der Waals surface area contributed by atoms with Crippen LogP contribution in [0.5, 0.6) is 0 Å². The molecule has 19 heavy (non-hydrogen) atoms. The van der Waals surface area contributed by atoms with E-state index in [1.165, 1.54) is 0 Å². The van der Waals surface area contributed by atoms with Crippen LogP contribution in [0.2, 0.25) is 0 Å². The summed E-state index contributed by atoms with van der Waals surface area (Å²) in [6.45, 7) is 6.44. The van der Waals surface area contributed by atoms with Crippen LogP contribution in [0.3, 0.4) is 0 Å². The van der Waals surface area contributed by atoms with Gasteiger partial charge < -0.3 is 14.7 Å². The Hall–Kier alpha value is -1.30. The highest BCUT2D eigenvalue weighted by Crippen LogP contribution is 2.24. The third-order valence-electron chi connectivity index (χ3n) is 3.13. The van der Waals surface area contributed by atoms with Gasteiger partial charge in [-0.05, 0) is 41.3 Å². The quantitative estimate of drug-likeness (QED) is 0.837. The molecular formula is C13H24N2O4. The fraction of sp³-hybridized carbons (Fsp3) is 0.846. The molecule has 1 heterocycles. The Morgan fingerprint density at radius 3 is 2.37 bits per heavy atom. The Morgan fingerprint density at radius 2 is 1.95 bits per heavy atom. The van der Waals surface area contributed by atoms with Gasteiger partial charge in [-0.2, -0.15) is 0 Å². The van der Waals surface area contributed by atoms with E-state index in [9.17, 15) is 14.7 Å². The zero-order chi connectivity index (χ0) is 14.8. The van der Waals surface area contributed by atoms with Crippen LogP contribution in [0.4, 0.5) is 4.79 Å². The van der Waals surface area contributed by atoms with Gasteiger partial charge in [-0.1, -0.05) is 0 Å². The first-order chi connectivity index (χ1) is 8.61. The highest BCUT2D eigenvalue weighted by atomic mass is 16.6. The number of nitrogens with zero attached hydrogens (tertiary/aromatic N) is 2. The molecule has 1 rings (SSSR count). The Kier molecular flexibility index (Phi) is 4.79. The number of rotatable bonds is 3. The van der Waals surface area contributed by atoms with Crippen molar-refractivity contribution < 1.29 is 19.4 Å². The standard InChI is InChI=1S/C13H24N2O4/c1-13(2,3)19-12(18)15-7-6-9(8-15)10(11(16)17)14(4)5/h9-10H,6-8H2,1-5H3,(H,16,17). The monoisotopic (exact) mass is 272 g/mol. The summed E-state index contributed by atoms with van der Waals surface area (Å²) in [7, 11) is 3.49. The summed E-state index contributed by atoms with van der Waals surface area (Å²) in [5.41, 5.74) is -0.525. The maximum absolute atomic E-state index is 11.9. The van der Waals surface area contributed by atoms with Gasteiger partial charge in [0.1, 0.15) is 11.6 Å². The van der Waals surface area contributed by atoms with E-state index in [-0.39, 0.29) is 12.0 Å². The fourth-order valence-corrected chi connectivity index (χ4v) is 2.38. The van der Waals surface area contributed by atoms with Gasteiger partial charge in [0.25, 0.3) is 0 Å². The normalized spacial score (nSPS) is 21.6. The predicted molar refractivity (Wildman–Crippen MR) is 71.0 cm³/mol. The molecule has 1 N–H and O–H groups in total. The molecule has 2 unspecified atom stereocenters. The van der Waals surface area contributed by atoms with Crippen molar-refractivity contribution in [2.75, 3.05) is 27.2 Å². The van der Waals surface area contributed by atoms with E-state index < -0.39 is 17.6 Å². The number of likely N-dealkylation sites (N-methyl/N-ethyl adjacent to an activating group) is 1. The molecule has 1 aliphatic heterocycles. The molecule has 1 aliphatic rings. The van der Waals surface area contributed by atoms with Gasteiger partial charge in [-0.3, -0.25) is 9.69 Å². The zero-order valence-corrected chi connectivity index (χ0v) is 12.3. The number of aliphatic carboxylic acids is 1. The average Bonchev–Trinajstić information content (AvgIpc) is 2.62. The Balaban J connectivity index is 2.62. The zero-order valence-electron chi connectivity index (χ0n) is 12.3. The molecule has 1 amide bonds. The maximum atomic E-state index is 11.9. The fourth-order valence-electron chi connectivity index (χ4n) is 2.38. The Morgan fingerprint density at radius 1 is 1.37 bits per heavy atom. The molecule has 1 saturated heterocycles. The van der Waals surface area contributed by atoms with Crippen molar-refractivity contribution in [2.45, 2.75) is 38.8 Å². The van der Waals surface area contributed by atoms with E-state index in [0.717, 1.165) is 0 Å². The van der Waals surface area contributed by atoms with Crippen molar-refractivity contribution in [3.63, 3.8) is 0 Å². The highest BCUT2D eigenvalue weighted by Gasteiger charge is 2.38. The summed E-state index contributed by atoms with van der Waals surface area (Å²) < 4.78 is 5.30. The molecule has 6 heteroatoms. The van der Waals surface area contributed by atoms with Crippen molar-refractivity contribution in [3.8, 4) is 0 Å². The Labute approximate surface area is 114 Å². The van der Waals surface area contributed by atoms with E-state index in [0.29, 0.717) is 19.5 Å². The predicted octanol–water partition coefficient (Wildman–Crippen LogP) is 1.26. The summed E-state index contributed by atoms with van der Waals surface area (Å²) in [5.74, 6) is -0.902. The van der Waals surface area contributed by atoms with E-state index in [1.54, 1.807) is 23.9 Å². The molecule has 0 bridgehead atoms. The molecule has 0 radical (unpaired) electrons. The smallest absolute Gasteiger partial charge is 0.410 e. The molecular weight excluding hydrogens is 248 g/mol. The minimum atomic E-state index is -0.846. The van der Waals surface area contributed by atoms with E-state index >= 15 is 0 Å². The second-order valence-electron chi connectivity index (χ2n) is 6.22. The first-order valence-electron chi connectivity index (χ1n) is 6.49. The van der Waals surface area contributed by atoms with Gasteiger partial charge in [0.15, 0.2) is 0 Å². The highest BCUT2D eigenvalue weighted by molar-refractivity contribution is 5.74. The van der Waals surface area contributed by atoms with Gasteiger partial charge in [-0.15, -0.1) is 0 Å². The lowest BCUT2D eigenvalue weighted by molar-refractivity contribution is -0.144. The summed E-state index contributed by atoms with van der Waals surface area (Å²) >= 11 is 0.